The Bertz CT molecular complexity index is 734. The van der Waals surface area contributed by atoms with Crippen LogP contribution in [0.1, 0.15) is 30.5 Å². The standard InChI is InChI=1S/C19H18N2/c1-19(2)12-15-10-6-7-11-16(15)18(21-19)17(13-20)14-8-4-3-5-9-14/h3-11,21H,12H2,1-2H3. The Kier molecular flexibility index (Phi) is 3.27. The first kappa shape index (κ1) is 13.5. The van der Waals surface area contributed by atoms with Gasteiger partial charge < -0.3 is 5.32 Å². The monoisotopic (exact) mass is 274 g/mol. The normalized spacial score (nSPS) is 18.1. The number of nitrogens with zero attached hydrogens (tertiary/aromatic N) is 1. The third-order valence-electron chi connectivity index (χ3n) is 3.81. The van der Waals surface area contributed by atoms with Gasteiger partial charge in [0.05, 0.1) is 11.3 Å². The highest BCUT2D eigenvalue weighted by molar-refractivity contribution is 5.97. The second-order valence-electron chi connectivity index (χ2n) is 6.07. The molecule has 2 aromatic carbocycles. The molecule has 0 fully saturated rings. The summed E-state index contributed by atoms with van der Waals surface area (Å²) in [6, 6.07) is 20.6. The minimum atomic E-state index is -0.0550. The van der Waals surface area contributed by atoms with E-state index in [2.05, 4.69) is 43.4 Å². The number of nitriles is 1. The van der Waals surface area contributed by atoms with Crippen molar-refractivity contribution in [2.45, 2.75) is 25.8 Å². The molecule has 0 spiro atoms. The summed E-state index contributed by atoms with van der Waals surface area (Å²) in [6.45, 7) is 4.34. The van der Waals surface area contributed by atoms with Gasteiger partial charge >= 0.3 is 0 Å². The molecule has 21 heavy (non-hydrogen) atoms. The van der Waals surface area contributed by atoms with Crippen molar-refractivity contribution in [3.63, 3.8) is 0 Å². The van der Waals surface area contributed by atoms with Gasteiger partial charge in [0.25, 0.3) is 0 Å². The van der Waals surface area contributed by atoms with Crippen LogP contribution in [0.4, 0.5) is 0 Å². The van der Waals surface area contributed by atoms with Gasteiger partial charge in [-0.3, -0.25) is 0 Å². The Morgan fingerprint density at radius 3 is 2.43 bits per heavy atom. The molecule has 3 rings (SSSR count). The molecule has 2 nitrogen and oxygen atoms in total. The average molecular weight is 274 g/mol. The van der Waals surface area contributed by atoms with E-state index in [1.165, 1.54) is 5.56 Å². The van der Waals surface area contributed by atoms with E-state index in [0.717, 1.165) is 23.2 Å². The minimum absolute atomic E-state index is 0.0550. The third-order valence-corrected chi connectivity index (χ3v) is 3.81. The molecule has 1 heterocycles. The molecule has 104 valence electrons. The lowest BCUT2D eigenvalue weighted by Gasteiger charge is -2.36. The van der Waals surface area contributed by atoms with Gasteiger partial charge in [-0.25, -0.2) is 0 Å². The van der Waals surface area contributed by atoms with E-state index in [1.807, 2.05) is 36.4 Å². The SMILES string of the molecule is CC1(C)Cc2ccccc2C(=C(C#N)c2ccccc2)N1. The highest BCUT2D eigenvalue weighted by Crippen LogP contribution is 2.34. The minimum Gasteiger partial charge on any atom is -0.378 e. The number of benzene rings is 2. The molecule has 0 amide bonds. The van der Waals surface area contributed by atoms with Crippen LogP contribution in [-0.4, -0.2) is 5.54 Å². The number of hydrogen-bond acceptors (Lipinski definition) is 2. The first-order chi connectivity index (χ1) is 10.1. The Morgan fingerprint density at radius 1 is 1.05 bits per heavy atom. The second-order valence-corrected chi connectivity index (χ2v) is 6.07. The molecule has 2 aromatic rings. The van der Waals surface area contributed by atoms with E-state index in [9.17, 15) is 5.26 Å². The number of hydrogen-bond donors (Lipinski definition) is 1. The third kappa shape index (κ3) is 2.55. The quantitative estimate of drug-likeness (QED) is 0.798. The number of fused-ring (bicyclic) bond motifs is 1. The molecule has 0 radical (unpaired) electrons. The first-order valence-electron chi connectivity index (χ1n) is 7.17. The molecule has 0 saturated carbocycles. The molecule has 0 aliphatic carbocycles. The van der Waals surface area contributed by atoms with Crippen LogP contribution >= 0.6 is 0 Å². The fourth-order valence-electron chi connectivity index (χ4n) is 2.91. The first-order valence-corrected chi connectivity index (χ1v) is 7.17. The summed E-state index contributed by atoms with van der Waals surface area (Å²) >= 11 is 0. The van der Waals surface area contributed by atoms with Crippen LogP contribution in [0, 0.1) is 11.3 Å². The van der Waals surface area contributed by atoms with E-state index in [-0.39, 0.29) is 5.54 Å². The molecule has 1 aliphatic rings. The van der Waals surface area contributed by atoms with Crippen LogP contribution in [0.5, 0.6) is 0 Å². The lowest BCUT2D eigenvalue weighted by Crippen LogP contribution is -2.44. The van der Waals surface area contributed by atoms with Crippen molar-refractivity contribution in [3.05, 3.63) is 71.3 Å². The Labute approximate surface area is 125 Å². The van der Waals surface area contributed by atoms with E-state index in [4.69, 9.17) is 0 Å². The molecular weight excluding hydrogens is 256 g/mol. The van der Waals surface area contributed by atoms with E-state index >= 15 is 0 Å². The summed E-state index contributed by atoms with van der Waals surface area (Å²) in [5.41, 5.74) is 4.97. The highest BCUT2D eigenvalue weighted by Gasteiger charge is 2.29. The van der Waals surface area contributed by atoms with Crippen molar-refractivity contribution in [2.24, 2.45) is 0 Å². The molecule has 0 unspecified atom stereocenters. The molecule has 0 bridgehead atoms. The lowest BCUT2D eigenvalue weighted by atomic mass is 9.84. The van der Waals surface area contributed by atoms with Crippen LogP contribution in [0.15, 0.2) is 54.6 Å². The van der Waals surface area contributed by atoms with Crippen LogP contribution in [0.25, 0.3) is 11.3 Å². The smallest absolute Gasteiger partial charge is 0.102 e. The van der Waals surface area contributed by atoms with Crippen molar-refractivity contribution < 1.29 is 0 Å². The van der Waals surface area contributed by atoms with Gasteiger partial charge in [0.1, 0.15) is 6.07 Å². The molecule has 2 heteroatoms. The summed E-state index contributed by atoms with van der Waals surface area (Å²) in [7, 11) is 0. The summed E-state index contributed by atoms with van der Waals surface area (Å²) in [5.74, 6) is 0. The highest BCUT2D eigenvalue weighted by atomic mass is 15.0. The Balaban J connectivity index is 2.25. The predicted molar refractivity (Wildman–Crippen MR) is 86.2 cm³/mol. The summed E-state index contributed by atoms with van der Waals surface area (Å²) in [5, 5.41) is 13.2. The molecule has 1 aliphatic heterocycles. The van der Waals surface area contributed by atoms with Crippen molar-refractivity contribution >= 4 is 11.3 Å². The van der Waals surface area contributed by atoms with Gasteiger partial charge in [0.15, 0.2) is 0 Å². The van der Waals surface area contributed by atoms with Crippen molar-refractivity contribution in [2.75, 3.05) is 0 Å². The number of nitrogens with one attached hydrogen (secondary N) is 1. The summed E-state index contributed by atoms with van der Waals surface area (Å²) in [6.07, 6.45) is 0.959. The van der Waals surface area contributed by atoms with Gasteiger partial charge in [-0.1, -0.05) is 54.6 Å². The molecule has 1 N–H and O–H groups in total. The molecular formula is C19H18N2. The zero-order valence-corrected chi connectivity index (χ0v) is 12.4. The lowest BCUT2D eigenvalue weighted by molar-refractivity contribution is 0.438. The maximum absolute atomic E-state index is 9.68. The van der Waals surface area contributed by atoms with Crippen LogP contribution < -0.4 is 5.32 Å². The van der Waals surface area contributed by atoms with Crippen molar-refractivity contribution in [1.82, 2.24) is 5.32 Å². The van der Waals surface area contributed by atoms with Gasteiger partial charge in [0, 0.05) is 11.1 Å². The van der Waals surface area contributed by atoms with Crippen molar-refractivity contribution in [3.8, 4) is 6.07 Å². The fourth-order valence-corrected chi connectivity index (χ4v) is 2.91. The van der Waals surface area contributed by atoms with Gasteiger partial charge in [-0.05, 0) is 31.4 Å². The van der Waals surface area contributed by atoms with E-state index < -0.39 is 0 Å². The van der Waals surface area contributed by atoms with Crippen LogP contribution in [-0.2, 0) is 6.42 Å². The van der Waals surface area contributed by atoms with Gasteiger partial charge in [-0.15, -0.1) is 0 Å². The summed E-state index contributed by atoms with van der Waals surface area (Å²) < 4.78 is 0. The molecule has 0 aromatic heterocycles. The number of allylic oxidation sites excluding steroid dienone is 1. The van der Waals surface area contributed by atoms with Gasteiger partial charge in [0.2, 0.25) is 0 Å². The zero-order valence-electron chi connectivity index (χ0n) is 12.4. The molecule has 0 atom stereocenters. The van der Waals surface area contributed by atoms with E-state index in [0.29, 0.717) is 5.57 Å². The second kappa shape index (κ2) is 5.10. The average Bonchev–Trinajstić information content (AvgIpc) is 2.48. The topological polar surface area (TPSA) is 35.8 Å². The summed E-state index contributed by atoms with van der Waals surface area (Å²) in [4.78, 5) is 0. The molecule has 0 saturated heterocycles. The van der Waals surface area contributed by atoms with E-state index in [1.54, 1.807) is 0 Å². The van der Waals surface area contributed by atoms with Gasteiger partial charge in [-0.2, -0.15) is 5.26 Å². The fraction of sp³-hybridized carbons (Fsp3) is 0.211. The zero-order chi connectivity index (χ0) is 14.9. The predicted octanol–water partition coefficient (Wildman–Crippen LogP) is 4.00. The Morgan fingerprint density at radius 2 is 1.71 bits per heavy atom. The number of rotatable bonds is 1. The van der Waals surface area contributed by atoms with Crippen molar-refractivity contribution in [1.29, 1.82) is 5.26 Å². The maximum atomic E-state index is 9.68. The Hall–Kier alpha value is -2.53. The van der Waals surface area contributed by atoms with Crippen LogP contribution in [0.2, 0.25) is 0 Å². The maximum Gasteiger partial charge on any atom is 0.102 e. The largest absolute Gasteiger partial charge is 0.378 e. The van der Waals surface area contributed by atoms with Crippen LogP contribution in [0.3, 0.4) is 0 Å².